The van der Waals surface area contributed by atoms with Gasteiger partial charge in [0.25, 0.3) is 0 Å². The van der Waals surface area contributed by atoms with Gasteiger partial charge in [0.05, 0.1) is 6.61 Å². The van der Waals surface area contributed by atoms with Crippen LogP contribution in [-0.2, 0) is 0 Å². The zero-order chi connectivity index (χ0) is 21.8. The van der Waals surface area contributed by atoms with Crippen molar-refractivity contribution < 1.29 is 4.74 Å². The summed E-state index contributed by atoms with van der Waals surface area (Å²) >= 11 is 0. The minimum atomic E-state index is 0.682. The summed E-state index contributed by atoms with van der Waals surface area (Å²) < 4.78 is 6.14. The monoisotopic (exact) mass is 398 g/mol. The first-order valence-electron chi connectivity index (χ1n) is 10.8. The van der Waals surface area contributed by atoms with Crippen LogP contribution in [0.25, 0.3) is 17.2 Å². The van der Waals surface area contributed by atoms with E-state index in [1.54, 1.807) is 0 Å². The van der Waals surface area contributed by atoms with Crippen LogP contribution < -0.4 is 4.74 Å². The maximum absolute atomic E-state index is 6.14. The Morgan fingerprint density at radius 2 is 1.47 bits per heavy atom. The number of aryl methyl sites for hydroxylation is 4. The van der Waals surface area contributed by atoms with Gasteiger partial charge in [-0.1, -0.05) is 53.6 Å². The van der Waals surface area contributed by atoms with E-state index in [0.717, 1.165) is 12.2 Å². The van der Waals surface area contributed by atoms with Gasteiger partial charge in [-0.05, 0) is 105 Å². The maximum Gasteiger partial charge on any atom is 0.119 e. The first-order valence-corrected chi connectivity index (χ1v) is 10.8. The summed E-state index contributed by atoms with van der Waals surface area (Å²) in [5.41, 5.74) is 13.2. The van der Waals surface area contributed by atoms with Crippen molar-refractivity contribution >= 4 is 6.08 Å². The fraction of sp³-hybridized carbons (Fsp3) is 0.310. The molecule has 1 nitrogen and oxygen atoms in total. The summed E-state index contributed by atoms with van der Waals surface area (Å²) in [5.74, 6) is 0.941. The first-order chi connectivity index (χ1) is 14.3. The molecule has 0 N–H and O–H groups in total. The highest BCUT2D eigenvalue weighted by molar-refractivity contribution is 5.76. The van der Waals surface area contributed by atoms with Gasteiger partial charge in [-0.2, -0.15) is 0 Å². The maximum atomic E-state index is 6.14. The van der Waals surface area contributed by atoms with E-state index in [1.165, 1.54) is 55.6 Å². The Kier molecular flexibility index (Phi) is 6.82. The first kappa shape index (κ1) is 21.9. The van der Waals surface area contributed by atoms with Gasteiger partial charge >= 0.3 is 0 Å². The van der Waals surface area contributed by atoms with Crippen LogP contribution in [0.15, 0.2) is 54.1 Å². The quantitative estimate of drug-likeness (QED) is 0.408. The van der Waals surface area contributed by atoms with Gasteiger partial charge in [-0.3, -0.25) is 0 Å². The zero-order valence-corrected chi connectivity index (χ0v) is 19.5. The molecule has 3 rings (SSSR count). The molecule has 0 amide bonds. The predicted molar refractivity (Wildman–Crippen MR) is 131 cm³/mol. The van der Waals surface area contributed by atoms with Crippen molar-refractivity contribution in [1.29, 1.82) is 0 Å². The van der Waals surface area contributed by atoms with E-state index in [2.05, 4.69) is 103 Å². The second kappa shape index (κ2) is 9.34. The summed E-state index contributed by atoms with van der Waals surface area (Å²) in [4.78, 5) is 0. The van der Waals surface area contributed by atoms with E-state index in [1.807, 2.05) is 0 Å². The second-order valence-corrected chi connectivity index (χ2v) is 8.61. The van der Waals surface area contributed by atoms with Crippen LogP contribution in [0.2, 0.25) is 0 Å². The van der Waals surface area contributed by atoms with Crippen LogP contribution in [-0.4, -0.2) is 6.61 Å². The molecule has 0 spiro atoms. The lowest BCUT2D eigenvalue weighted by Gasteiger charge is -2.18. The Hall–Kier alpha value is -2.80. The highest BCUT2D eigenvalue weighted by Crippen LogP contribution is 2.35. The van der Waals surface area contributed by atoms with Gasteiger partial charge in [0.1, 0.15) is 5.75 Å². The highest BCUT2D eigenvalue weighted by Gasteiger charge is 2.13. The molecule has 0 aromatic heterocycles. The molecule has 0 atom stereocenters. The Balaban J connectivity index is 1.75. The zero-order valence-electron chi connectivity index (χ0n) is 19.5. The summed E-state index contributed by atoms with van der Waals surface area (Å²) in [6.45, 7) is 16.0. The van der Waals surface area contributed by atoms with Crippen molar-refractivity contribution in [2.75, 3.05) is 6.61 Å². The Morgan fingerprint density at radius 3 is 2.17 bits per heavy atom. The third kappa shape index (κ3) is 5.02. The molecule has 0 aliphatic rings. The molecular weight excluding hydrogens is 364 g/mol. The Bertz CT molecular complexity index is 1070. The average molecular weight is 399 g/mol. The van der Waals surface area contributed by atoms with Crippen LogP contribution >= 0.6 is 0 Å². The number of ether oxygens (including phenoxy) is 1. The lowest BCUT2D eigenvalue weighted by Crippen LogP contribution is -2.00. The van der Waals surface area contributed by atoms with Crippen molar-refractivity contribution in [2.24, 2.45) is 0 Å². The minimum absolute atomic E-state index is 0.682. The Morgan fingerprint density at radius 1 is 0.767 bits per heavy atom. The second-order valence-electron chi connectivity index (χ2n) is 8.61. The summed E-state index contributed by atoms with van der Waals surface area (Å²) in [5, 5.41) is 0. The molecule has 0 aliphatic carbocycles. The van der Waals surface area contributed by atoms with Crippen molar-refractivity contribution in [3.8, 4) is 16.9 Å². The fourth-order valence-electron chi connectivity index (χ4n) is 4.01. The number of hydrogen-bond acceptors (Lipinski definition) is 1. The third-order valence-electron chi connectivity index (χ3n) is 6.09. The van der Waals surface area contributed by atoms with Gasteiger partial charge in [-0.15, -0.1) is 0 Å². The number of rotatable bonds is 6. The SMILES string of the molecule is C/C(=C\c1ccc(C)cc1)CCOc1ccc(C)c(-c2c(C)cc(C)c(C)c2C)c1. The van der Waals surface area contributed by atoms with Crippen LogP contribution in [0.3, 0.4) is 0 Å². The number of benzene rings is 3. The van der Waals surface area contributed by atoms with E-state index in [9.17, 15) is 0 Å². The third-order valence-corrected chi connectivity index (χ3v) is 6.09. The summed E-state index contributed by atoms with van der Waals surface area (Å²) in [6.07, 6.45) is 3.16. The lowest BCUT2D eigenvalue weighted by molar-refractivity contribution is 0.322. The van der Waals surface area contributed by atoms with Crippen LogP contribution in [0.1, 0.15) is 52.3 Å². The molecule has 0 heterocycles. The Labute approximate surface area is 182 Å². The van der Waals surface area contributed by atoms with E-state index >= 15 is 0 Å². The van der Waals surface area contributed by atoms with Gasteiger partial charge in [0, 0.05) is 6.42 Å². The van der Waals surface area contributed by atoms with Crippen molar-refractivity contribution in [1.82, 2.24) is 0 Å². The molecule has 0 bridgehead atoms. The molecular formula is C29H34O. The van der Waals surface area contributed by atoms with E-state index < -0.39 is 0 Å². The van der Waals surface area contributed by atoms with Gasteiger partial charge < -0.3 is 4.74 Å². The predicted octanol–water partition coefficient (Wildman–Crippen LogP) is 8.08. The lowest BCUT2D eigenvalue weighted by atomic mass is 9.88. The standard InChI is InChI=1S/C29H34O/c1-19-8-11-26(12-9-19)16-20(2)14-15-30-27-13-10-21(3)28(18-27)29-23(5)17-22(4)24(6)25(29)7/h8-13,16-18H,14-15H2,1-7H3/b20-16+. The van der Waals surface area contributed by atoms with Crippen molar-refractivity contribution in [3.63, 3.8) is 0 Å². The molecule has 0 radical (unpaired) electrons. The molecule has 156 valence electrons. The fourth-order valence-corrected chi connectivity index (χ4v) is 4.01. The molecule has 0 saturated carbocycles. The number of hydrogen-bond donors (Lipinski definition) is 0. The van der Waals surface area contributed by atoms with E-state index in [4.69, 9.17) is 4.74 Å². The molecule has 0 fully saturated rings. The summed E-state index contributed by atoms with van der Waals surface area (Å²) in [7, 11) is 0. The topological polar surface area (TPSA) is 9.23 Å². The van der Waals surface area contributed by atoms with Crippen LogP contribution in [0, 0.1) is 41.5 Å². The van der Waals surface area contributed by atoms with Gasteiger partial charge in [0.15, 0.2) is 0 Å². The highest BCUT2D eigenvalue weighted by atomic mass is 16.5. The average Bonchev–Trinajstić information content (AvgIpc) is 2.70. The van der Waals surface area contributed by atoms with Crippen molar-refractivity contribution in [2.45, 2.75) is 54.9 Å². The van der Waals surface area contributed by atoms with Gasteiger partial charge in [-0.25, -0.2) is 0 Å². The molecule has 30 heavy (non-hydrogen) atoms. The van der Waals surface area contributed by atoms with Crippen LogP contribution in [0.4, 0.5) is 0 Å². The largest absolute Gasteiger partial charge is 0.493 e. The van der Waals surface area contributed by atoms with E-state index in [-0.39, 0.29) is 0 Å². The summed E-state index contributed by atoms with van der Waals surface area (Å²) in [6, 6.07) is 17.4. The molecule has 0 unspecified atom stereocenters. The molecule has 0 saturated heterocycles. The molecule has 0 aliphatic heterocycles. The molecule has 1 heteroatoms. The van der Waals surface area contributed by atoms with E-state index in [0.29, 0.717) is 6.61 Å². The minimum Gasteiger partial charge on any atom is -0.493 e. The molecule has 3 aromatic carbocycles. The molecule has 3 aromatic rings. The normalized spacial score (nSPS) is 11.6. The van der Waals surface area contributed by atoms with Crippen molar-refractivity contribution in [3.05, 3.63) is 93.0 Å². The van der Waals surface area contributed by atoms with Crippen LogP contribution in [0.5, 0.6) is 5.75 Å². The van der Waals surface area contributed by atoms with Gasteiger partial charge in [0.2, 0.25) is 0 Å². The smallest absolute Gasteiger partial charge is 0.119 e.